The molecule has 0 bridgehead atoms. The van der Waals surface area contributed by atoms with Gasteiger partial charge in [0.05, 0.1) is 11.4 Å². The zero-order valence-corrected chi connectivity index (χ0v) is 15.0. The minimum Gasteiger partial charge on any atom is -0.337 e. The summed E-state index contributed by atoms with van der Waals surface area (Å²) in [5.41, 5.74) is 8.57. The molecule has 136 valence electrons. The fraction of sp³-hybridized carbons (Fsp3) is 0.167. The summed E-state index contributed by atoms with van der Waals surface area (Å²) in [5.74, 6) is -0.357. The molecule has 0 saturated carbocycles. The number of aromatic nitrogens is 2. The zero-order chi connectivity index (χ0) is 18.9. The molecule has 2 heterocycles. The number of allylic oxidation sites excluding steroid dienone is 1. The molecule has 0 saturated heterocycles. The molecule has 0 atom stereocenters. The van der Waals surface area contributed by atoms with Gasteiger partial charge < -0.3 is 10.3 Å². The Morgan fingerprint density at radius 2 is 1.96 bits per heavy atom. The van der Waals surface area contributed by atoms with Crippen molar-refractivity contribution in [2.24, 2.45) is 10.9 Å². The molecule has 0 aliphatic heterocycles. The van der Waals surface area contributed by atoms with Gasteiger partial charge in [0.1, 0.15) is 5.83 Å². The predicted octanol–water partition coefficient (Wildman–Crippen LogP) is 2.47. The van der Waals surface area contributed by atoms with E-state index in [-0.39, 0.29) is 23.8 Å². The van der Waals surface area contributed by atoms with E-state index in [2.05, 4.69) is 4.98 Å². The average Bonchev–Trinajstić information content (AvgIpc) is 2.86. The summed E-state index contributed by atoms with van der Waals surface area (Å²) in [5, 5.41) is 5.96. The van der Waals surface area contributed by atoms with Crippen molar-refractivity contribution in [3.63, 3.8) is 0 Å². The number of hydrogen-bond donors (Lipinski definition) is 2. The molecule has 3 rings (SSSR count). The van der Waals surface area contributed by atoms with Crippen LogP contribution in [-0.2, 0) is 16.6 Å². The number of primary sulfonamides is 1. The Bertz CT molecular complexity index is 1090. The summed E-state index contributed by atoms with van der Waals surface area (Å²) in [6.45, 7) is 1.98. The highest BCUT2D eigenvalue weighted by molar-refractivity contribution is 7.89. The van der Waals surface area contributed by atoms with Crippen LogP contribution in [0, 0.1) is 6.92 Å². The summed E-state index contributed by atoms with van der Waals surface area (Å²) < 4.78 is 39.4. The number of nitrogens with zero attached hydrogens (tertiary/aromatic N) is 2. The van der Waals surface area contributed by atoms with Crippen LogP contribution >= 0.6 is 0 Å². The SMILES string of the molecule is Cc1c(-c2ccncc2)c2cc(S(N)(=O)=O)ccc2n1C/C(F)=C/CN. The highest BCUT2D eigenvalue weighted by atomic mass is 32.2. The van der Waals surface area contributed by atoms with E-state index in [1.54, 1.807) is 23.0 Å². The third-order valence-corrected chi connectivity index (χ3v) is 5.15. The topological polar surface area (TPSA) is 104 Å². The minimum absolute atomic E-state index is 0.00966. The summed E-state index contributed by atoms with van der Waals surface area (Å²) in [6.07, 6.45) is 4.61. The quantitative estimate of drug-likeness (QED) is 0.716. The Hall–Kier alpha value is -2.55. The van der Waals surface area contributed by atoms with E-state index < -0.39 is 10.0 Å². The van der Waals surface area contributed by atoms with Crippen molar-refractivity contribution in [2.45, 2.75) is 18.4 Å². The van der Waals surface area contributed by atoms with Gasteiger partial charge in [-0.2, -0.15) is 0 Å². The van der Waals surface area contributed by atoms with Gasteiger partial charge in [-0.1, -0.05) is 0 Å². The molecular formula is C18H19FN4O2S. The van der Waals surface area contributed by atoms with Gasteiger partial charge in [0.25, 0.3) is 0 Å². The van der Waals surface area contributed by atoms with Crippen molar-refractivity contribution in [1.82, 2.24) is 9.55 Å². The summed E-state index contributed by atoms with van der Waals surface area (Å²) in [6, 6.07) is 8.23. The van der Waals surface area contributed by atoms with Crippen LogP contribution in [0.15, 0.2) is 59.5 Å². The van der Waals surface area contributed by atoms with Crippen LogP contribution in [0.25, 0.3) is 22.0 Å². The van der Waals surface area contributed by atoms with Gasteiger partial charge in [0.15, 0.2) is 0 Å². The molecule has 3 aromatic rings. The summed E-state index contributed by atoms with van der Waals surface area (Å²) >= 11 is 0. The lowest BCUT2D eigenvalue weighted by molar-refractivity contribution is 0.555. The van der Waals surface area contributed by atoms with Crippen LogP contribution < -0.4 is 10.9 Å². The molecule has 0 unspecified atom stereocenters. The van der Waals surface area contributed by atoms with E-state index in [1.807, 2.05) is 19.1 Å². The average molecular weight is 374 g/mol. The molecule has 1 aromatic carbocycles. The predicted molar refractivity (Wildman–Crippen MR) is 99.5 cm³/mol. The monoisotopic (exact) mass is 374 g/mol. The van der Waals surface area contributed by atoms with Crippen LogP contribution in [0.5, 0.6) is 0 Å². The minimum atomic E-state index is -3.85. The van der Waals surface area contributed by atoms with Gasteiger partial charge in [-0.3, -0.25) is 4.98 Å². The Morgan fingerprint density at radius 1 is 1.27 bits per heavy atom. The van der Waals surface area contributed by atoms with Crippen LogP contribution in [0.3, 0.4) is 0 Å². The van der Waals surface area contributed by atoms with Crippen LogP contribution in [0.4, 0.5) is 4.39 Å². The van der Waals surface area contributed by atoms with E-state index in [0.29, 0.717) is 10.9 Å². The first-order chi connectivity index (χ1) is 12.3. The van der Waals surface area contributed by atoms with E-state index in [1.165, 1.54) is 18.2 Å². The van der Waals surface area contributed by atoms with Crippen molar-refractivity contribution >= 4 is 20.9 Å². The molecule has 2 aromatic heterocycles. The Kier molecular flexibility index (Phi) is 4.90. The van der Waals surface area contributed by atoms with Gasteiger partial charge in [-0.25, -0.2) is 17.9 Å². The third kappa shape index (κ3) is 3.39. The van der Waals surface area contributed by atoms with Gasteiger partial charge >= 0.3 is 0 Å². The smallest absolute Gasteiger partial charge is 0.238 e. The van der Waals surface area contributed by atoms with E-state index in [9.17, 15) is 12.8 Å². The van der Waals surface area contributed by atoms with Crippen molar-refractivity contribution in [3.8, 4) is 11.1 Å². The molecule has 26 heavy (non-hydrogen) atoms. The highest BCUT2D eigenvalue weighted by Crippen LogP contribution is 2.36. The maximum absolute atomic E-state index is 14.1. The number of pyridine rings is 1. The second kappa shape index (κ2) is 6.99. The first kappa shape index (κ1) is 18.2. The first-order valence-corrected chi connectivity index (χ1v) is 9.48. The summed E-state index contributed by atoms with van der Waals surface area (Å²) in [4.78, 5) is 4.02. The van der Waals surface area contributed by atoms with Crippen molar-refractivity contribution in [3.05, 3.63) is 60.3 Å². The molecule has 4 N–H and O–H groups in total. The van der Waals surface area contributed by atoms with Crippen LogP contribution in [0.2, 0.25) is 0 Å². The fourth-order valence-electron chi connectivity index (χ4n) is 3.07. The number of benzene rings is 1. The van der Waals surface area contributed by atoms with E-state index >= 15 is 0 Å². The number of hydrogen-bond acceptors (Lipinski definition) is 4. The fourth-order valence-corrected chi connectivity index (χ4v) is 3.61. The van der Waals surface area contributed by atoms with Gasteiger partial charge in [0, 0.05) is 41.1 Å². The number of halogens is 1. The number of nitrogens with two attached hydrogens (primary N) is 2. The number of sulfonamides is 1. The lowest BCUT2D eigenvalue weighted by Crippen LogP contribution is -2.11. The van der Waals surface area contributed by atoms with Crippen LogP contribution in [-0.4, -0.2) is 24.5 Å². The standard InChI is InChI=1S/C18H19FN4O2S/c1-12-18(13-5-8-22-9-6-13)16-10-15(26(21,24)25)2-3-17(16)23(12)11-14(19)4-7-20/h2-6,8-10H,7,11,20H2,1H3,(H2,21,24,25)/b14-4-. The van der Waals surface area contributed by atoms with E-state index in [4.69, 9.17) is 10.9 Å². The summed E-state index contributed by atoms with van der Waals surface area (Å²) in [7, 11) is -3.85. The van der Waals surface area contributed by atoms with Crippen molar-refractivity contribution in [1.29, 1.82) is 0 Å². The molecule has 8 heteroatoms. The highest BCUT2D eigenvalue weighted by Gasteiger charge is 2.19. The molecule has 0 radical (unpaired) electrons. The molecule has 6 nitrogen and oxygen atoms in total. The van der Waals surface area contributed by atoms with E-state index in [0.717, 1.165) is 16.8 Å². The Balaban J connectivity index is 2.33. The zero-order valence-electron chi connectivity index (χ0n) is 14.2. The molecule has 0 amide bonds. The van der Waals surface area contributed by atoms with Gasteiger partial charge in [-0.05, 0) is 48.9 Å². The molecule has 0 aliphatic rings. The number of rotatable bonds is 5. The Labute approximate surface area is 151 Å². The second-order valence-corrected chi connectivity index (χ2v) is 7.45. The number of fused-ring (bicyclic) bond motifs is 1. The lowest BCUT2D eigenvalue weighted by atomic mass is 10.0. The largest absolute Gasteiger partial charge is 0.337 e. The lowest BCUT2D eigenvalue weighted by Gasteiger charge is -2.07. The first-order valence-electron chi connectivity index (χ1n) is 7.93. The maximum Gasteiger partial charge on any atom is 0.238 e. The third-order valence-electron chi connectivity index (χ3n) is 4.24. The van der Waals surface area contributed by atoms with Crippen LogP contribution in [0.1, 0.15) is 5.69 Å². The normalized spacial score (nSPS) is 12.7. The maximum atomic E-state index is 14.1. The van der Waals surface area contributed by atoms with Gasteiger partial charge in [0.2, 0.25) is 10.0 Å². The second-order valence-electron chi connectivity index (χ2n) is 5.89. The molecule has 0 spiro atoms. The van der Waals surface area contributed by atoms with Gasteiger partial charge in [-0.15, -0.1) is 0 Å². The molecule has 0 aliphatic carbocycles. The molecular weight excluding hydrogens is 355 g/mol. The Morgan fingerprint density at radius 3 is 2.58 bits per heavy atom. The van der Waals surface area contributed by atoms with Crippen molar-refractivity contribution in [2.75, 3.05) is 6.54 Å². The van der Waals surface area contributed by atoms with Crippen molar-refractivity contribution < 1.29 is 12.8 Å². The molecule has 0 fully saturated rings.